The number of nitrogens with zero attached hydrogens (tertiary/aromatic N) is 2. The molecular weight excluding hydrogens is 372 g/mol. The molecular formula is C17H32N4O5S. The lowest BCUT2D eigenvalue weighted by molar-refractivity contribution is -0.146. The molecule has 9 nitrogen and oxygen atoms in total. The molecule has 2 aliphatic rings. The summed E-state index contributed by atoms with van der Waals surface area (Å²) in [6.07, 6.45) is 4.41. The number of piperidine rings is 1. The summed E-state index contributed by atoms with van der Waals surface area (Å²) in [5.41, 5.74) is 0. The number of carbonyl (C=O) groups is 1. The van der Waals surface area contributed by atoms with Gasteiger partial charge < -0.3 is 19.7 Å². The number of hydrogen-bond donors (Lipinski definition) is 2. The van der Waals surface area contributed by atoms with Gasteiger partial charge in [0.15, 0.2) is 5.96 Å². The van der Waals surface area contributed by atoms with Crippen LogP contribution in [0, 0.1) is 5.92 Å². The van der Waals surface area contributed by atoms with Crippen molar-refractivity contribution >= 4 is 22.0 Å². The fraction of sp³-hybridized carbons (Fsp3) is 0.882. The summed E-state index contributed by atoms with van der Waals surface area (Å²) >= 11 is 0. The summed E-state index contributed by atoms with van der Waals surface area (Å²) in [5, 5.41) is 3.10. The van der Waals surface area contributed by atoms with Crippen molar-refractivity contribution in [3.63, 3.8) is 0 Å². The van der Waals surface area contributed by atoms with E-state index in [0.717, 1.165) is 19.3 Å². The van der Waals surface area contributed by atoms with Crippen molar-refractivity contribution < 1.29 is 22.7 Å². The molecule has 0 aromatic rings. The van der Waals surface area contributed by atoms with Crippen LogP contribution in [0.4, 0.5) is 0 Å². The highest BCUT2D eigenvalue weighted by atomic mass is 32.2. The standard InChI is InChI=1S/C17H32N4O5S/c1-18-17(21-9-6-14(7-10-21)16(22)25-2)19-8-12-27(23,24)20-13-15-5-3-4-11-26-15/h14-15,20H,3-13H2,1-2H3,(H,18,19). The first-order chi connectivity index (χ1) is 12.9. The first kappa shape index (κ1) is 21.9. The predicted molar refractivity (Wildman–Crippen MR) is 103 cm³/mol. The number of carbonyl (C=O) groups excluding carboxylic acids is 1. The van der Waals surface area contributed by atoms with Crippen LogP contribution in [0.3, 0.4) is 0 Å². The zero-order valence-corrected chi connectivity index (χ0v) is 17.1. The first-order valence-corrected chi connectivity index (χ1v) is 11.2. The maximum absolute atomic E-state index is 12.2. The molecule has 0 aromatic heterocycles. The number of guanidine groups is 1. The molecule has 2 heterocycles. The molecule has 0 aliphatic carbocycles. The van der Waals surface area contributed by atoms with E-state index in [4.69, 9.17) is 9.47 Å². The van der Waals surface area contributed by atoms with Gasteiger partial charge in [-0.2, -0.15) is 0 Å². The molecule has 0 aromatic carbocycles. The molecule has 1 atom stereocenters. The van der Waals surface area contributed by atoms with Crippen LogP contribution in [0.15, 0.2) is 4.99 Å². The minimum absolute atomic E-state index is 0.0228. The summed E-state index contributed by atoms with van der Waals surface area (Å²) in [5.74, 6) is 0.383. The van der Waals surface area contributed by atoms with Gasteiger partial charge in [0.2, 0.25) is 10.0 Å². The van der Waals surface area contributed by atoms with Gasteiger partial charge in [-0.3, -0.25) is 9.79 Å². The third kappa shape index (κ3) is 7.27. The van der Waals surface area contributed by atoms with Crippen LogP contribution in [0.2, 0.25) is 0 Å². The van der Waals surface area contributed by atoms with Crippen LogP contribution in [-0.4, -0.2) is 84.0 Å². The third-order valence-electron chi connectivity index (χ3n) is 5.00. The molecule has 27 heavy (non-hydrogen) atoms. The number of nitrogens with one attached hydrogen (secondary N) is 2. The molecule has 2 aliphatic heterocycles. The van der Waals surface area contributed by atoms with Gasteiger partial charge in [0.05, 0.1) is 24.9 Å². The lowest BCUT2D eigenvalue weighted by atomic mass is 9.97. The molecule has 2 N–H and O–H groups in total. The normalized spacial score (nSPS) is 22.5. The fourth-order valence-corrected chi connectivity index (χ4v) is 4.34. The minimum Gasteiger partial charge on any atom is -0.469 e. The van der Waals surface area contributed by atoms with E-state index in [1.54, 1.807) is 7.05 Å². The number of sulfonamides is 1. The Morgan fingerprint density at radius 2 is 2.00 bits per heavy atom. The molecule has 0 saturated carbocycles. The molecule has 2 fully saturated rings. The molecule has 156 valence electrons. The second-order valence-electron chi connectivity index (χ2n) is 6.91. The minimum atomic E-state index is -3.37. The van der Waals surface area contributed by atoms with Crippen molar-refractivity contribution in [3.8, 4) is 0 Å². The summed E-state index contributed by atoms with van der Waals surface area (Å²) < 4.78 is 37.3. The molecule has 0 radical (unpaired) electrons. The lowest BCUT2D eigenvalue weighted by Gasteiger charge is -2.33. The van der Waals surface area contributed by atoms with Crippen molar-refractivity contribution in [2.75, 3.05) is 52.7 Å². The van der Waals surface area contributed by atoms with Gasteiger partial charge in [-0.15, -0.1) is 0 Å². The lowest BCUT2D eigenvalue weighted by Crippen LogP contribution is -2.48. The number of aliphatic imine (C=N–C) groups is 1. The summed E-state index contributed by atoms with van der Waals surface area (Å²) in [7, 11) is -0.291. The Bertz CT molecular complexity index is 596. The van der Waals surface area contributed by atoms with Crippen LogP contribution < -0.4 is 10.0 Å². The number of rotatable bonds is 7. The second-order valence-corrected chi connectivity index (χ2v) is 8.84. The van der Waals surface area contributed by atoms with Crippen LogP contribution in [0.25, 0.3) is 0 Å². The Labute approximate surface area is 161 Å². The van der Waals surface area contributed by atoms with Gasteiger partial charge in [-0.05, 0) is 32.1 Å². The van der Waals surface area contributed by atoms with Gasteiger partial charge in [-0.1, -0.05) is 0 Å². The Morgan fingerprint density at radius 3 is 2.59 bits per heavy atom. The molecule has 1 unspecified atom stereocenters. The maximum Gasteiger partial charge on any atom is 0.308 e. The van der Waals surface area contributed by atoms with E-state index in [-0.39, 0.29) is 30.3 Å². The highest BCUT2D eigenvalue weighted by molar-refractivity contribution is 7.89. The van der Waals surface area contributed by atoms with Crippen molar-refractivity contribution in [3.05, 3.63) is 0 Å². The third-order valence-corrected chi connectivity index (χ3v) is 6.35. The maximum atomic E-state index is 12.2. The van der Waals surface area contributed by atoms with Crippen LogP contribution >= 0.6 is 0 Å². The second kappa shape index (κ2) is 10.8. The Morgan fingerprint density at radius 1 is 1.26 bits per heavy atom. The van der Waals surface area contributed by atoms with Crippen molar-refractivity contribution in [2.24, 2.45) is 10.9 Å². The summed E-state index contributed by atoms with van der Waals surface area (Å²) in [4.78, 5) is 17.9. The van der Waals surface area contributed by atoms with E-state index >= 15 is 0 Å². The smallest absolute Gasteiger partial charge is 0.308 e. The quantitative estimate of drug-likeness (QED) is 0.347. The average Bonchev–Trinajstić information content (AvgIpc) is 2.70. The zero-order chi connectivity index (χ0) is 19.7. The van der Waals surface area contributed by atoms with Crippen LogP contribution in [-0.2, 0) is 24.3 Å². The Kier molecular flexibility index (Phi) is 8.78. The molecule has 2 rings (SSSR count). The van der Waals surface area contributed by atoms with E-state index in [0.29, 0.717) is 45.0 Å². The van der Waals surface area contributed by atoms with Gasteiger partial charge in [-0.25, -0.2) is 13.1 Å². The fourth-order valence-electron chi connectivity index (χ4n) is 3.38. The summed E-state index contributed by atoms with van der Waals surface area (Å²) in [6, 6.07) is 0. The Hall–Kier alpha value is -1.39. The van der Waals surface area contributed by atoms with Crippen LogP contribution in [0.1, 0.15) is 32.1 Å². The van der Waals surface area contributed by atoms with Crippen LogP contribution in [0.5, 0.6) is 0 Å². The number of esters is 1. The van der Waals surface area contributed by atoms with Crippen molar-refractivity contribution in [1.82, 2.24) is 14.9 Å². The monoisotopic (exact) mass is 404 g/mol. The molecule has 10 heteroatoms. The molecule has 0 bridgehead atoms. The van der Waals surface area contributed by atoms with E-state index in [1.165, 1.54) is 7.11 Å². The zero-order valence-electron chi connectivity index (χ0n) is 16.3. The SMILES string of the molecule is CN=C(NCCS(=O)(=O)NCC1CCCCO1)N1CCC(C(=O)OC)CC1. The number of methoxy groups -OCH3 is 1. The Balaban J connectivity index is 1.70. The molecule has 2 saturated heterocycles. The van der Waals surface area contributed by atoms with E-state index in [9.17, 15) is 13.2 Å². The molecule has 0 spiro atoms. The topological polar surface area (TPSA) is 109 Å². The summed E-state index contributed by atoms with van der Waals surface area (Å²) in [6.45, 7) is 2.67. The van der Waals surface area contributed by atoms with Gasteiger partial charge in [0, 0.05) is 39.8 Å². The van der Waals surface area contributed by atoms with Gasteiger partial charge in [0.1, 0.15) is 0 Å². The van der Waals surface area contributed by atoms with Gasteiger partial charge >= 0.3 is 5.97 Å². The largest absolute Gasteiger partial charge is 0.469 e. The number of ether oxygens (including phenoxy) is 2. The van der Waals surface area contributed by atoms with E-state index in [2.05, 4.69) is 15.0 Å². The number of likely N-dealkylation sites (tertiary alicyclic amines) is 1. The van der Waals surface area contributed by atoms with E-state index in [1.807, 2.05) is 4.90 Å². The first-order valence-electron chi connectivity index (χ1n) is 9.57. The van der Waals surface area contributed by atoms with Gasteiger partial charge in [0.25, 0.3) is 0 Å². The molecule has 0 amide bonds. The highest BCUT2D eigenvalue weighted by Crippen LogP contribution is 2.18. The van der Waals surface area contributed by atoms with E-state index < -0.39 is 10.0 Å². The number of hydrogen-bond acceptors (Lipinski definition) is 6. The van der Waals surface area contributed by atoms with Crippen molar-refractivity contribution in [2.45, 2.75) is 38.2 Å². The van der Waals surface area contributed by atoms with Crippen molar-refractivity contribution in [1.29, 1.82) is 0 Å². The average molecular weight is 405 g/mol. The highest BCUT2D eigenvalue weighted by Gasteiger charge is 2.27. The predicted octanol–water partition coefficient (Wildman–Crippen LogP) is -0.0647.